The standard InChI is InChI=1S/C18H22N4O2/c19-18(6-7-18)17(23)22-10-8-21(9-11-22)13-16-20-12-15(24-16)14-4-2-1-3-5-14/h1-5,12H,6-11,13,19H2. The van der Waals surface area contributed by atoms with Crippen LogP contribution in [-0.2, 0) is 11.3 Å². The SMILES string of the molecule is NC1(C(=O)N2CCN(Cc3ncc(-c4ccccc4)o3)CC2)CC1. The summed E-state index contributed by atoms with van der Waals surface area (Å²) in [6.07, 6.45) is 3.42. The van der Waals surface area contributed by atoms with Crippen molar-refractivity contribution in [1.29, 1.82) is 0 Å². The molecule has 2 fully saturated rings. The van der Waals surface area contributed by atoms with Crippen LogP contribution in [0, 0.1) is 0 Å². The lowest BCUT2D eigenvalue weighted by Gasteiger charge is -2.35. The van der Waals surface area contributed by atoms with Gasteiger partial charge in [0.15, 0.2) is 5.76 Å². The van der Waals surface area contributed by atoms with Crippen LogP contribution < -0.4 is 5.73 Å². The number of oxazole rings is 1. The van der Waals surface area contributed by atoms with Gasteiger partial charge in [-0.15, -0.1) is 0 Å². The van der Waals surface area contributed by atoms with Crippen LogP contribution in [-0.4, -0.2) is 52.4 Å². The molecular weight excluding hydrogens is 304 g/mol. The van der Waals surface area contributed by atoms with E-state index in [9.17, 15) is 4.79 Å². The molecule has 0 atom stereocenters. The van der Waals surface area contributed by atoms with Gasteiger partial charge in [-0.3, -0.25) is 9.69 Å². The van der Waals surface area contributed by atoms with Gasteiger partial charge in [0.2, 0.25) is 11.8 Å². The summed E-state index contributed by atoms with van der Waals surface area (Å²) in [5, 5.41) is 0. The largest absolute Gasteiger partial charge is 0.439 e. The van der Waals surface area contributed by atoms with Gasteiger partial charge in [-0.05, 0) is 12.8 Å². The van der Waals surface area contributed by atoms with E-state index in [1.807, 2.05) is 35.2 Å². The molecule has 0 bridgehead atoms. The molecular formula is C18H22N4O2. The van der Waals surface area contributed by atoms with Gasteiger partial charge in [-0.1, -0.05) is 30.3 Å². The highest BCUT2D eigenvalue weighted by Gasteiger charge is 2.48. The third kappa shape index (κ3) is 3.07. The fourth-order valence-corrected chi connectivity index (χ4v) is 3.08. The number of carbonyl (C=O) groups excluding carboxylic acids is 1. The molecule has 6 heteroatoms. The van der Waals surface area contributed by atoms with Crippen molar-refractivity contribution < 1.29 is 9.21 Å². The van der Waals surface area contributed by atoms with Crippen LogP contribution in [0.25, 0.3) is 11.3 Å². The molecule has 0 radical (unpaired) electrons. The summed E-state index contributed by atoms with van der Waals surface area (Å²) in [7, 11) is 0. The van der Waals surface area contributed by atoms with Gasteiger partial charge in [0.1, 0.15) is 0 Å². The fraction of sp³-hybridized carbons (Fsp3) is 0.444. The Hall–Kier alpha value is -2.18. The Morgan fingerprint density at radius 3 is 2.54 bits per heavy atom. The molecule has 2 aromatic rings. The quantitative estimate of drug-likeness (QED) is 0.921. The lowest BCUT2D eigenvalue weighted by molar-refractivity contribution is -0.135. The van der Waals surface area contributed by atoms with Crippen molar-refractivity contribution in [2.45, 2.75) is 24.9 Å². The molecule has 24 heavy (non-hydrogen) atoms. The third-order valence-corrected chi connectivity index (χ3v) is 4.84. The summed E-state index contributed by atoms with van der Waals surface area (Å²) in [5.41, 5.74) is 6.48. The minimum atomic E-state index is -0.560. The number of nitrogens with two attached hydrogens (primary N) is 1. The first kappa shape index (κ1) is 15.4. The lowest BCUT2D eigenvalue weighted by Crippen LogP contribution is -2.53. The second kappa shape index (κ2) is 6.03. The van der Waals surface area contributed by atoms with E-state index in [0.29, 0.717) is 12.4 Å². The average Bonchev–Trinajstić information content (AvgIpc) is 3.20. The van der Waals surface area contributed by atoms with Gasteiger partial charge in [-0.25, -0.2) is 4.98 Å². The maximum absolute atomic E-state index is 12.3. The minimum absolute atomic E-state index is 0.115. The van der Waals surface area contributed by atoms with Crippen molar-refractivity contribution in [3.63, 3.8) is 0 Å². The van der Waals surface area contributed by atoms with Crippen molar-refractivity contribution in [2.24, 2.45) is 5.73 Å². The zero-order valence-electron chi connectivity index (χ0n) is 13.6. The number of carbonyl (C=O) groups is 1. The average molecular weight is 326 g/mol. The monoisotopic (exact) mass is 326 g/mol. The number of nitrogens with zero attached hydrogens (tertiary/aromatic N) is 3. The molecule has 1 aliphatic carbocycles. The van der Waals surface area contributed by atoms with E-state index in [2.05, 4.69) is 9.88 Å². The number of benzene rings is 1. The lowest BCUT2D eigenvalue weighted by atomic mass is 10.2. The van der Waals surface area contributed by atoms with Gasteiger partial charge >= 0.3 is 0 Å². The van der Waals surface area contributed by atoms with Crippen molar-refractivity contribution in [1.82, 2.24) is 14.8 Å². The van der Waals surface area contributed by atoms with Crippen LogP contribution in [0.15, 0.2) is 40.9 Å². The Morgan fingerprint density at radius 2 is 1.88 bits per heavy atom. The molecule has 1 aromatic carbocycles. The number of hydrogen-bond donors (Lipinski definition) is 1. The maximum atomic E-state index is 12.3. The molecule has 1 saturated carbocycles. The molecule has 1 aromatic heterocycles. The molecule has 0 unspecified atom stereocenters. The molecule has 126 valence electrons. The topological polar surface area (TPSA) is 75.6 Å². The molecule has 1 amide bonds. The van der Waals surface area contributed by atoms with E-state index in [-0.39, 0.29) is 5.91 Å². The zero-order chi connectivity index (χ0) is 16.6. The Bertz CT molecular complexity index is 716. The summed E-state index contributed by atoms with van der Waals surface area (Å²) in [4.78, 5) is 20.8. The summed E-state index contributed by atoms with van der Waals surface area (Å²) >= 11 is 0. The van der Waals surface area contributed by atoms with Gasteiger partial charge in [0, 0.05) is 31.7 Å². The second-order valence-corrected chi connectivity index (χ2v) is 6.71. The van der Waals surface area contributed by atoms with Crippen LogP contribution in [0.3, 0.4) is 0 Å². The van der Waals surface area contributed by atoms with Gasteiger partial charge in [-0.2, -0.15) is 0 Å². The molecule has 6 nitrogen and oxygen atoms in total. The van der Waals surface area contributed by atoms with Crippen molar-refractivity contribution in [3.8, 4) is 11.3 Å². The van der Waals surface area contributed by atoms with Gasteiger partial charge in [0.05, 0.1) is 18.3 Å². The first-order chi connectivity index (χ1) is 11.6. The number of amides is 1. The molecule has 2 heterocycles. The van der Waals surface area contributed by atoms with Crippen molar-refractivity contribution in [2.75, 3.05) is 26.2 Å². The fourth-order valence-electron chi connectivity index (χ4n) is 3.08. The summed E-state index contributed by atoms with van der Waals surface area (Å²) in [5.74, 6) is 1.62. The highest BCUT2D eigenvalue weighted by Crippen LogP contribution is 2.34. The second-order valence-electron chi connectivity index (χ2n) is 6.71. The molecule has 1 saturated heterocycles. The smallest absolute Gasteiger partial charge is 0.242 e. The number of hydrogen-bond acceptors (Lipinski definition) is 5. The Labute approximate surface area is 141 Å². The predicted molar refractivity (Wildman–Crippen MR) is 89.9 cm³/mol. The molecule has 0 spiro atoms. The van der Waals surface area contributed by atoms with Crippen LogP contribution in [0.1, 0.15) is 18.7 Å². The Morgan fingerprint density at radius 1 is 1.17 bits per heavy atom. The highest BCUT2D eigenvalue weighted by atomic mass is 16.4. The highest BCUT2D eigenvalue weighted by molar-refractivity contribution is 5.89. The predicted octanol–water partition coefficient (Wildman–Crippen LogP) is 1.48. The van der Waals surface area contributed by atoms with Gasteiger partial charge in [0.25, 0.3) is 0 Å². The Kier molecular flexibility index (Phi) is 3.86. The zero-order valence-corrected chi connectivity index (χ0v) is 13.6. The van der Waals surface area contributed by atoms with E-state index < -0.39 is 5.54 Å². The molecule has 2 aliphatic rings. The van der Waals surface area contributed by atoms with Crippen LogP contribution in [0.2, 0.25) is 0 Å². The number of piperazine rings is 1. The first-order valence-corrected chi connectivity index (χ1v) is 8.45. The molecule has 4 rings (SSSR count). The van der Waals surface area contributed by atoms with E-state index >= 15 is 0 Å². The summed E-state index contributed by atoms with van der Waals surface area (Å²) < 4.78 is 5.86. The van der Waals surface area contributed by atoms with E-state index in [1.54, 1.807) is 6.20 Å². The molecule has 1 aliphatic heterocycles. The van der Waals surface area contributed by atoms with E-state index in [1.165, 1.54) is 0 Å². The summed E-state index contributed by atoms with van der Waals surface area (Å²) in [6.45, 7) is 3.77. The first-order valence-electron chi connectivity index (χ1n) is 8.45. The van der Waals surface area contributed by atoms with E-state index in [4.69, 9.17) is 10.2 Å². The number of aromatic nitrogens is 1. The Balaban J connectivity index is 1.33. The number of rotatable bonds is 4. The third-order valence-electron chi connectivity index (χ3n) is 4.84. The van der Waals surface area contributed by atoms with Crippen LogP contribution >= 0.6 is 0 Å². The van der Waals surface area contributed by atoms with Crippen molar-refractivity contribution in [3.05, 3.63) is 42.4 Å². The molecule has 2 N–H and O–H groups in total. The minimum Gasteiger partial charge on any atom is -0.439 e. The normalized spacial score (nSPS) is 20.1. The summed E-state index contributed by atoms with van der Waals surface area (Å²) in [6, 6.07) is 9.97. The van der Waals surface area contributed by atoms with Gasteiger partial charge < -0.3 is 15.1 Å². The van der Waals surface area contributed by atoms with Crippen LogP contribution in [0.5, 0.6) is 0 Å². The van der Waals surface area contributed by atoms with E-state index in [0.717, 1.165) is 50.3 Å². The van der Waals surface area contributed by atoms with Crippen LogP contribution in [0.4, 0.5) is 0 Å². The maximum Gasteiger partial charge on any atom is 0.242 e. The van der Waals surface area contributed by atoms with Crippen molar-refractivity contribution >= 4 is 5.91 Å².